The van der Waals surface area contributed by atoms with Gasteiger partial charge in [-0.2, -0.15) is 4.98 Å². The number of nitrogens with zero attached hydrogens (tertiary/aromatic N) is 6. The van der Waals surface area contributed by atoms with Crippen molar-refractivity contribution < 1.29 is 5.11 Å². The Morgan fingerprint density at radius 3 is 2.54 bits per heavy atom. The summed E-state index contributed by atoms with van der Waals surface area (Å²) in [6.45, 7) is 5.38. The first kappa shape index (κ1) is 23.1. The zero-order valence-electron chi connectivity index (χ0n) is 21.0. The lowest BCUT2D eigenvalue weighted by Crippen LogP contribution is -2.44. The summed E-state index contributed by atoms with van der Waals surface area (Å²) >= 11 is 0. The number of aryl methyl sites for hydroxylation is 1. The SMILES string of the molecule is CN1CCN(c2ccc(Nc3ncc4cc(N5CCNc6c(O)cccc65)c(=O)n(C)c4n3)cc2)CC1. The molecule has 2 aliphatic heterocycles. The number of benzene rings is 2. The molecule has 0 radical (unpaired) electrons. The molecule has 2 aliphatic rings. The molecular formula is C27H30N8O2. The number of hydrogen-bond acceptors (Lipinski definition) is 9. The highest BCUT2D eigenvalue weighted by atomic mass is 16.3. The number of pyridine rings is 1. The van der Waals surface area contributed by atoms with Gasteiger partial charge in [-0.25, -0.2) is 4.98 Å². The molecule has 2 aromatic carbocycles. The highest BCUT2D eigenvalue weighted by Gasteiger charge is 2.24. The summed E-state index contributed by atoms with van der Waals surface area (Å²) in [5, 5.41) is 17.5. The quantitative estimate of drug-likeness (QED) is 0.366. The van der Waals surface area contributed by atoms with Crippen LogP contribution in [0.25, 0.3) is 11.0 Å². The van der Waals surface area contributed by atoms with Crippen molar-refractivity contribution in [2.24, 2.45) is 7.05 Å². The number of fused-ring (bicyclic) bond motifs is 2. The second-order valence-corrected chi connectivity index (χ2v) is 9.58. The average Bonchev–Trinajstić information content (AvgIpc) is 2.92. The largest absolute Gasteiger partial charge is 0.506 e. The number of anilines is 6. The highest BCUT2D eigenvalue weighted by molar-refractivity contribution is 5.86. The molecule has 6 rings (SSSR count). The van der Waals surface area contributed by atoms with Gasteiger partial charge in [0.15, 0.2) is 0 Å². The molecule has 3 N–H and O–H groups in total. The van der Waals surface area contributed by atoms with Crippen LogP contribution in [0.5, 0.6) is 5.75 Å². The topological polar surface area (TPSA) is 102 Å². The van der Waals surface area contributed by atoms with Crippen LogP contribution in [-0.2, 0) is 7.05 Å². The predicted octanol–water partition coefficient (Wildman–Crippen LogP) is 3.09. The van der Waals surface area contributed by atoms with Gasteiger partial charge in [0.1, 0.15) is 22.8 Å². The summed E-state index contributed by atoms with van der Waals surface area (Å²) in [6, 6.07) is 15.4. The van der Waals surface area contributed by atoms with Crippen molar-refractivity contribution in [3.63, 3.8) is 0 Å². The van der Waals surface area contributed by atoms with Crippen LogP contribution in [0.15, 0.2) is 59.5 Å². The summed E-state index contributed by atoms with van der Waals surface area (Å²) < 4.78 is 1.55. The van der Waals surface area contributed by atoms with Gasteiger partial charge in [0.05, 0.1) is 5.69 Å². The molecule has 0 bridgehead atoms. The molecule has 1 saturated heterocycles. The summed E-state index contributed by atoms with van der Waals surface area (Å²) in [7, 11) is 3.88. The van der Waals surface area contributed by atoms with Gasteiger partial charge in [-0.3, -0.25) is 9.36 Å². The lowest BCUT2D eigenvalue weighted by atomic mass is 10.1. The van der Waals surface area contributed by atoms with E-state index in [0.29, 0.717) is 36.1 Å². The van der Waals surface area contributed by atoms with Crippen LogP contribution in [0.2, 0.25) is 0 Å². The van der Waals surface area contributed by atoms with Crippen molar-refractivity contribution in [2.75, 3.05) is 66.7 Å². The maximum absolute atomic E-state index is 13.4. The summed E-state index contributed by atoms with van der Waals surface area (Å²) in [5.41, 5.74) is 4.39. The summed E-state index contributed by atoms with van der Waals surface area (Å²) in [4.78, 5) is 29.2. The number of nitrogens with one attached hydrogen (secondary N) is 2. The van der Waals surface area contributed by atoms with Gasteiger partial charge in [-0.05, 0) is 49.5 Å². The van der Waals surface area contributed by atoms with E-state index < -0.39 is 0 Å². The maximum atomic E-state index is 13.4. The van der Waals surface area contributed by atoms with Gasteiger partial charge in [-0.1, -0.05) is 6.07 Å². The Morgan fingerprint density at radius 1 is 0.973 bits per heavy atom. The lowest BCUT2D eigenvalue weighted by Gasteiger charge is -2.34. The number of piperazine rings is 1. The van der Waals surface area contributed by atoms with E-state index >= 15 is 0 Å². The molecule has 37 heavy (non-hydrogen) atoms. The van der Waals surface area contributed by atoms with E-state index in [1.807, 2.05) is 29.2 Å². The van der Waals surface area contributed by atoms with Crippen LogP contribution in [0.4, 0.5) is 34.4 Å². The number of aromatic hydroxyl groups is 1. The van der Waals surface area contributed by atoms with E-state index in [9.17, 15) is 9.90 Å². The van der Waals surface area contributed by atoms with E-state index in [1.54, 1.807) is 29.9 Å². The smallest absolute Gasteiger partial charge is 0.275 e. The van der Waals surface area contributed by atoms with Gasteiger partial charge in [-0.15, -0.1) is 0 Å². The van der Waals surface area contributed by atoms with Gasteiger partial charge in [0.2, 0.25) is 5.95 Å². The summed E-state index contributed by atoms with van der Waals surface area (Å²) in [5.74, 6) is 0.593. The van der Waals surface area contributed by atoms with Crippen LogP contribution in [-0.4, -0.2) is 70.9 Å². The van der Waals surface area contributed by atoms with Crippen molar-refractivity contribution in [3.8, 4) is 5.75 Å². The molecule has 190 valence electrons. The van der Waals surface area contributed by atoms with Crippen molar-refractivity contribution in [1.82, 2.24) is 19.4 Å². The fourth-order valence-electron chi connectivity index (χ4n) is 5.03. The first-order chi connectivity index (χ1) is 18.0. The Morgan fingerprint density at radius 2 is 1.76 bits per heavy atom. The molecule has 0 aliphatic carbocycles. The van der Waals surface area contributed by atoms with E-state index in [-0.39, 0.29) is 11.3 Å². The molecule has 0 amide bonds. The van der Waals surface area contributed by atoms with Crippen molar-refractivity contribution in [1.29, 1.82) is 0 Å². The molecule has 1 fully saturated rings. The first-order valence-corrected chi connectivity index (χ1v) is 12.5. The molecule has 0 spiro atoms. The first-order valence-electron chi connectivity index (χ1n) is 12.5. The van der Waals surface area contributed by atoms with E-state index in [2.05, 4.69) is 49.6 Å². The minimum absolute atomic E-state index is 0.162. The molecule has 10 nitrogen and oxygen atoms in total. The molecule has 10 heteroatoms. The molecule has 0 unspecified atom stereocenters. The van der Waals surface area contributed by atoms with Gasteiger partial charge in [0, 0.05) is 69.3 Å². The fraction of sp³-hybridized carbons (Fsp3) is 0.296. The highest BCUT2D eigenvalue weighted by Crippen LogP contribution is 2.39. The number of rotatable bonds is 4. The molecular weight excluding hydrogens is 468 g/mol. The number of hydrogen-bond donors (Lipinski definition) is 3. The second-order valence-electron chi connectivity index (χ2n) is 9.58. The number of likely N-dealkylation sites (N-methyl/N-ethyl adjacent to an activating group) is 1. The van der Waals surface area contributed by atoms with E-state index in [4.69, 9.17) is 0 Å². The van der Waals surface area contributed by atoms with Crippen molar-refractivity contribution in [3.05, 3.63) is 65.1 Å². The standard InChI is InChI=1S/C27H30N8O2/c1-32-12-14-34(15-13-32)20-8-6-19(7-9-20)30-27-29-17-18-16-22(26(37)33(2)25(18)31-27)35-11-10-28-24-21(35)4-3-5-23(24)36/h3-9,16-17,28,36H,10-15H2,1-2H3,(H,29,30,31). The number of para-hydroxylation sites is 1. The molecule has 2 aromatic heterocycles. The third kappa shape index (κ3) is 4.29. The Bertz CT molecular complexity index is 1510. The van der Waals surface area contributed by atoms with Crippen molar-refractivity contribution in [2.45, 2.75) is 0 Å². The van der Waals surface area contributed by atoms with Crippen LogP contribution in [0, 0.1) is 0 Å². The maximum Gasteiger partial charge on any atom is 0.275 e. The van der Waals surface area contributed by atoms with Crippen LogP contribution in [0.3, 0.4) is 0 Å². The van der Waals surface area contributed by atoms with Crippen LogP contribution in [0.1, 0.15) is 0 Å². The third-order valence-corrected chi connectivity index (χ3v) is 7.16. The Hall–Kier alpha value is -4.31. The minimum atomic E-state index is -0.162. The van der Waals surface area contributed by atoms with Crippen molar-refractivity contribution >= 4 is 45.4 Å². The Labute approximate surface area is 214 Å². The van der Waals surface area contributed by atoms with Gasteiger partial charge >= 0.3 is 0 Å². The molecule has 4 heterocycles. The second kappa shape index (κ2) is 9.29. The Balaban J connectivity index is 1.27. The fourth-order valence-corrected chi connectivity index (χ4v) is 5.03. The molecule has 0 atom stereocenters. The predicted molar refractivity (Wildman–Crippen MR) is 148 cm³/mol. The zero-order chi connectivity index (χ0) is 25.5. The number of aromatic nitrogens is 3. The zero-order valence-corrected chi connectivity index (χ0v) is 21.0. The average molecular weight is 499 g/mol. The molecule has 0 saturated carbocycles. The Kier molecular flexibility index (Phi) is 5.80. The molecule has 4 aromatic rings. The van der Waals surface area contributed by atoms with Gasteiger partial charge < -0.3 is 30.4 Å². The monoisotopic (exact) mass is 498 g/mol. The van der Waals surface area contributed by atoms with E-state index in [1.165, 1.54) is 5.69 Å². The lowest BCUT2D eigenvalue weighted by molar-refractivity contribution is 0.313. The minimum Gasteiger partial charge on any atom is -0.506 e. The normalized spacial score (nSPS) is 15.9. The third-order valence-electron chi connectivity index (χ3n) is 7.16. The number of phenolic OH excluding ortho intramolecular Hbond substituents is 1. The van der Waals surface area contributed by atoms with Crippen LogP contribution >= 0.6 is 0 Å². The van der Waals surface area contributed by atoms with E-state index in [0.717, 1.165) is 42.9 Å². The number of phenols is 1. The van der Waals surface area contributed by atoms with Gasteiger partial charge in [0.25, 0.3) is 5.56 Å². The summed E-state index contributed by atoms with van der Waals surface area (Å²) in [6.07, 6.45) is 1.73. The van der Waals surface area contributed by atoms with Crippen LogP contribution < -0.4 is 26.0 Å².